The topological polar surface area (TPSA) is 305 Å². The molecule has 8 atom stereocenters. The Kier molecular flexibility index (Phi) is 31.5. The van der Waals surface area contributed by atoms with Gasteiger partial charge in [-0.25, -0.2) is 4.79 Å². The molecule has 0 aromatic carbocycles. The molecule has 20 heteroatoms. The molecule has 0 aromatic rings. The van der Waals surface area contributed by atoms with Crippen LogP contribution in [-0.2, 0) is 52.7 Å². The van der Waals surface area contributed by atoms with Crippen LogP contribution in [0.25, 0.3) is 0 Å². The number of hydrogen-bond acceptors (Lipinski definition) is 11. The van der Waals surface area contributed by atoms with E-state index >= 15 is 0 Å². The molecule has 0 aromatic heterocycles. The summed E-state index contributed by atoms with van der Waals surface area (Å²) in [6.45, 7) is 19.9. The fourth-order valence-electron chi connectivity index (χ4n) is 8.61. The molecule has 20 nitrogen and oxygen atoms in total. The van der Waals surface area contributed by atoms with Gasteiger partial charge in [0.15, 0.2) is 0 Å². The molecule has 0 saturated carbocycles. The van der Waals surface area contributed by atoms with E-state index < -0.39 is 133 Å². The van der Waals surface area contributed by atoms with Gasteiger partial charge in [-0.1, -0.05) is 134 Å². The Labute approximate surface area is 434 Å². The molecular formula is C53H93N7O13. The molecule has 418 valence electrons. The highest BCUT2D eigenvalue weighted by atomic mass is 16.5. The molecule has 7 amide bonds. The monoisotopic (exact) mass is 1040 g/mol. The third-order valence-corrected chi connectivity index (χ3v) is 12.5. The second-order valence-electron chi connectivity index (χ2n) is 21.9. The smallest absolute Gasteiger partial charge is 0.326 e. The summed E-state index contributed by atoms with van der Waals surface area (Å²) >= 11 is 0. The minimum atomic E-state index is -1.73. The number of unbranched alkanes of at least 4 members (excludes halogenated alkanes) is 9. The number of aliphatic carboxylic acids is 2. The number of ether oxygens (including phenoxy) is 1. The average molecular weight is 1040 g/mol. The molecule has 0 radical (unpaired) electrons. The number of hydrogen-bond donors (Lipinski definition) is 9. The summed E-state index contributed by atoms with van der Waals surface area (Å²) in [6, 6.07) is -9.54. The van der Waals surface area contributed by atoms with Crippen LogP contribution >= 0.6 is 0 Å². The molecule has 73 heavy (non-hydrogen) atoms. The van der Waals surface area contributed by atoms with Gasteiger partial charge in [0.2, 0.25) is 41.4 Å². The van der Waals surface area contributed by atoms with Gasteiger partial charge in [0.05, 0.1) is 12.8 Å². The fraction of sp³-hybridized carbons (Fsp3) is 0.811. The number of carbonyl (C=O) groups is 10. The summed E-state index contributed by atoms with van der Waals surface area (Å²) in [4.78, 5) is 137. The van der Waals surface area contributed by atoms with Crippen molar-refractivity contribution in [3.05, 3.63) is 0 Å². The van der Waals surface area contributed by atoms with Gasteiger partial charge in [0.25, 0.3) is 0 Å². The Morgan fingerprint density at radius 3 is 1.53 bits per heavy atom. The minimum absolute atomic E-state index is 0.0455. The summed E-state index contributed by atoms with van der Waals surface area (Å²) in [5, 5.41) is 37.9. The van der Waals surface area contributed by atoms with Gasteiger partial charge in [-0.3, -0.25) is 43.2 Å². The van der Waals surface area contributed by atoms with Gasteiger partial charge in [0, 0.05) is 6.42 Å². The van der Waals surface area contributed by atoms with Crippen LogP contribution in [0.3, 0.4) is 0 Å². The van der Waals surface area contributed by atoms with Gasteiger partial charge >= 0.3 is 17.9 Å². The summed E-state index contributed by atoms with van der Waals surface area (Å²) in [6.07, 6.45) is 7.36. The maximum absolute atomic E-state index is 14.4. The predicted octanol–water partition coefficient (Wildman–Crippen LogP) is 5.19. The lowest BCUT2D eigenvalue weighted by Gasteiger charge is -2.30. The van der Waals surface area contributed by atoms with Crippen molar-refractivity contribution in [3.8, 4) is 0 Å². The lowest BCUT2D eigenvalue weighted by Crippen LogP contribution is -2.61. The lowest BCUT2D eigenvalue weighted by atomic mass is 9.98. The largest absolute Gasteiger partial charge is 0.481 e. The summed E-state index contributed by atoms with van der Waals surface area (Å²) in [7, 11) is 0. The summed E-state index contributed by atoms with van der Waals surface area (Å²) < 4.78 is 5.92. The van der Waals surface area contributed by atoms with E-state index in [0.29, 0.717) is 6.42 Å². The van der Waals surface area contributed by atoms with Crippen LogP contribution in [0, 0.1) is 29.6 Å². The van der Waals surface area contributed by atoms with Gasteiger partial charge in [-0.15, -0.1) is 0 Å². The first-order valence-electron chi connectivity index (χ1n) is 27.0. The second-order valence-corrected chi connectivity index (χ2v) is 21.9. The summed E-state index contributed by atoms with van der Waals surface area (Å²) in [5.74, 6) is -10.5. The van der Waals surface area contributed by atoms with Crippen LogP contribution in [0.15, 0.2) is 0 Å². The van der Waals surface area contributed by atoms with E-state index in [1.807, 2.05) is 27.7 Å². The second kappa shape index (κ2) is 35.0. The van der Waals surface area contributed by atoms with Gasteiger partial charge in [0.1, 0.15) is 48.4 Å². The van der Waals surface area contributed by atoms with Crippen LogP contribution in [0.4, 0.5) is 0 Å². The number of carboxylic acid groups (broad SMARTS) is 2. The molecule has 1 heterocycles. The standard InChI is InChI=1S/C53H93N7O13/c1-12-13-14-15-16-17-18-19-20-21-22-36-29-43(61)54-37(23-24-44(62)63)47(65)55-38(25-31(2)3)48(66)57-40(27-33(6)7)51(69)60-46(35(10)11)52(70)58-41(30-45(64)73-36)50(68)56-39(26-32(4)5)49(67)59-42(53(71)72)28-34(8)9/h31-42,46H,12-30H2,1-11H3,(H,54,61)(H,55,65)(H,56,68)(H,57,66)(H,58,70)(H,59,67)(H,60,69)(H,62,63)(H,71,72). The van der Waals surface area contributed by atoms with Crippen molar-refractivity contribution in [1.29, 1.82) is 0 Å². The molecule has 9 N–H and O–H groups in total. The highest BCUT2D eigenvalue weighted by molar-refractivity contribution is 5.98. The maximum atomic E-state index is 14.4. The van der Waals surface area contributed by atoms with E-state index in [2.05, 4.69) is 44.1 Å². The zero-order chi connectivity index (χ0) is 55.4. The molecule has 0 aliphatic carbocycles. The molecule has 0 bridgehead atoms. The fourth-order valence-corrected chi connectivity index (χ4v) is 8.61. The maximum Gasteiger partial charge on any atom is 0.326 e. The Morgan fingerprint density at radius 1 is 0.562 bits per heavy atom. The predicted molar refractivity (Wildman–Crippen MR) is 276 cm³/mol. The third kappa shape index (κ3) is 28.1. The Balaban J connectivity index is 3.90. The quantitative estimate of drug-likeness (QED) is 0.0361. The zero-order valence-corrected chi connectivity index (χ0v) is 45.8. The van der Waals surface area contributed by atoms with Crippen molar-refractivity contribution in [1.82, 2.24) is 37.2 Å². The molecule has 8 unspecified atom stereocenters. The molecule has 0 spiro atoms. The van der Waals surface area contributed by atoms with Gasteiger partial charge < -0.3 is 52.2 Å². The van der Waals surface area contributed by atoms with Crippen molar-refractivity contribution in [3.63, 3.8) is 0 Å². The van der Waals surface area contributed by atoms with E-state index in [1.165, 1.54) is 12.8 Å². The van der Waals surface area contributed by atoms with Crippen LogP contribution in [-0.4, -0.2) is 118 Å². The summed E-state index contributed by atoms with van der Waals surface area (Å²) in [5.41, 5.74) is 0. The Hall–Kier alpha value is -5.30. The highest BCUT2D eigenvalue weighted by Gasteiger charge is 2.37. The molecule has 1 aliphatic rings. The minimum Gasteiger partial charge on any atom is -0.481 e. The van der Waals surface area contributed by atoms with Crippen molar-refractivity contribution in [2.45, 2.75) is 247 Å². The van der Waals surface area contributed by atoms with Crippen LogP contribution in [0.1, 0.15) is 198 Å². The van der Waals surface area contributed by atoms with Crippen molar-refractivity contribution < 1.29 is 62.9 Å². The van der Waals surface area contributed by atoms with Gasteiger partial charge in [-0.2, -0.15) is 0 Å². The van der Waals surface area contributed by atoms with Crippen molar-refractivity contribution in [2.75, 3.05) is 0 Å². The number of nitrogens with one attached hydrogen (secondary N) is 7. The molecule has 1 fully saturated rings. The van der Waals surface area contributed by atoms with Crippen LogP contribution in [0.2, 0.25) is 0 Å². The number of carbonyl (C=O) groups excluding carboxylic acids is 8. The molecule has 1 saturated heterocycles. The number of rotatable bonds is 28. The van der Waals surface area contributed by atoms with E-state index in [0.717, 1.165) is 44.9 Å². The zero-order valence-electron chi connectivity index (χ0n) is 45.8. The average Bonchev–Trinajstić information content (AvgIpc) is 3.27. The number of cyclic esters (lactones) is 1. The van der Waals surface area contributed by atoms with E-state index in [4.69, 9.17) is 4.74 Å². The normalized spacial score (nSPS) is 21.9. The number of carboxylic acids is 2. The van der Waals surface area contributed by atoms with E-state index in [1.54, 1.807) is 41.5 Å². The molecular weight excluding hydrogens is 943 g/mol. The number of esters is 1. The van der Waals surface area contributed by atoms with Crippen molar-refractivity contribution >= 4 is 59.3 Å². The van der Waals surface area contributed by atoms with Gasteiger partial charge in [-0.05, 0) is 74.5 Å². The first-order valence-corrected chi connectivity index (χ1v) is 27.0. The Bertz CT molecular complexity index is 1790. The molecule has 1 aliphatic heterocycles. The van der Waals surface area contributed by atoms with Crippen LogP contribution in [0.5, 0.6) is 0 Å². The molecule has 1 rings (SSSR count). The van der Waals surface area contributed by atoms with Crippen molar-refractivity contribution in [2.24, 2.45) is 29.6 Å². The highest BCUT2D eigenvalue weighted by Crippen LogP contribution is 2.18. The first kappa shape index (κ1) is 65.7. The lowest BCUT2D eigenvalue weighted by molar-refractivity contribution is -0.153. The van der Waals surface area contributed by atoms with Crippen LogP contribution < -0.4 is 37.2 Å². The van der Waals surface area contributed by atoms with E-state index in [9.17, 15) is 58.2 Å². The first-order chi connectivity index (χ1) is 34.2. The SMILES string of the molecule is CCCCCCCCCCCCC1CC(=O)NC(CCC(=O)O)C(=O)NC(CC(C)C)C(=O)NC(CC(C)C)C(=O)NC(C(C)C)C(=O)NC(C(=O)NC(CC(C)C)C(=O)NC(CC(C)C)C(=O)O)CC(=O)O1. The third-order valence-electron chi connectivity index (χ3n) is 12.5. The van der Waals surface area contributed by atoms with E-state index in [-0.39, 0.29) is 62.2 Å². The Morgan fingerprint density at radius 2 is 1.05 bits per heavy atom. The number of amides is 7.